The molecule has 0 saturated carbocycles. The minimum atomic E-state index is 0.742. The minimum Gasteiger partial charge on any atom is -0.0830 e. The van der Waals surface area contributed by atoms with Crippen LogP contribution < -0.4 is 0 Å². The summed E-state index contributed by atoms with van der Waals surface area (Å²) < 4.78 is 0. The first-order chi connectivity index (χ1) is 7.31. The molecule has 3 unspecified atom stereocenters. The molecule has 0 saturated heterocycles. The lowest BCUT2D eigenvalue weighted by atomic mass is 9.85. The molecule has 0 aromatic rings. The molecule has 0 fully saturated rings. The van der Waals surface area contributed by atoms with E-state index in [1.807, 2.05) is 0 Å². The molecule has 96 valence electrons. The van der Waals surface area contributed by atoms with Gasteiger partial charge in [0.05, 0.1) is 0 Å². The molecule has 0 radical (unpaired) electrons. The fourth-order valence-corrected chi connectivity index (χ4v) is 2.96. The van der Waals surface area contributed by atoms with E-state index < -0.39 is 0 Å². The maximum Gasteiger partial charge on any atom is -0.0257 e. The van der Waals surface area contributed by atoms with Crippen LogP contribution in [-0.2, 0) is 0 Å². The van der Waals surface area contributed by atoms with Gasteiger partial charge in [-0.2, -0.15) is 0 Å². The van der Waals surface area contributed by atoms with Gasteiger partial charge in [0.25, 0.3) is 0 Å². The zero-order valence-corrected chi connectivity index (χ0v) is 12.5. The monoisotopic (exact) mass is 224 g/mol. The quantitative estimate of drug-likeness (QED) is 0.487. The fourth-order valence-electron chi connectivity index (χ4n) is 2.96. The second kappa shape index (κ2) is 7.92. The van der Waals surface area contributed by atoms with Crippen molar-refractivity contribution in [2.45, 2.75) is 67.7 Å². The predicted molar refractivity (Wildman–Crippen MR) is 75.6 cm³/mol. The van der Waals surface area contributed by atoms with Crippen LogP contribution in [0.15, 0.2) is 11.6 Å². The first-order valence-electron chi connectivity index (χ1n) is 6.96. The Hall–Kier alpha value is -0.260. The van der Waals surface area contributed by atoms with Crippen molar-refractivity contribution < 1.29 is 0 Å². The van der Waals surface area contributed by atoms with Crippen molar-refractivity contribution in [1.82, 2.24) is 0 Å². The molecule has 0 heterocycles. The van der Waals surface area contributed by atoms with Crippen LogP contribution in [0.25, 0.3) is 0 Å². The molecule has 0 N–H and O–H groups in total. The van der Waals surface area contributed by atoms with Crippen LogP contribution in [0.3, 0.4) is 0 Å². The van der Waals surface area contributed by atoms with Gasteiger partial charge < -0.3 is 0 Å². The average molecular weight is 224 g/mol. The number of rotatable bonds is 7. The molecule has 16 heavy (non-hydrogen) atoms. The third-order valence-electron chi connectivity index (χ3n) is 3.07. The van der Waals surface area contributed by atoms with Gasteiger partial charge in [-0.1, -0.05) is 46.3 Å². The zero-order valence-electron chi connectivity index (χ0n) is 12.5. The normalized spacial score (nSPS) is 17.0. The summed E-state index contributed by atoms with van der Waals surface area (Å²) in [6, 6.07) is 0. The highest BCUT2D eigenvalue weighted by Gasteiger charge is 2.12. The van der Waals surface area contributed by atoms with Gasteiger partial charge in [-0.15, -0.1) is 0 Å². The topological polar surface area (TPSA) is 0 Å². The van der Waals surface area contributed by atoms with Crippen molar-refractivity contribution >= 4 is 0 Å². The van der Waals surface area contributed by atoms with E-state index in [1.54, 1.807) is 0 Å². The van der Waals surface area contributed by atoms with Crippen LogP contribution >= 0.6 is 0 Å². The van der Waals surface area contributed by atoms with Gasteiger partial charge in [0.2, 0.25) is 0 Å². The Morgan fingerprint density at radius 2 is 1.31 bits per heavy atom. The van der Waals surface area contributed by atoms with E-state index in [2.05, 4.69) is 54.5 Å². The Morgan fingerprint density at radius 3 is 1.75 bits per heavy atom. The second-order valence-electron chi connectivity index (χ2n) is 6.53. The zero-order chi connectivity index (χ0) is 12.7. The fraction of sp³-hybridized carbons (Fsp3) is 0.875. The Labute approximate surface area is 104 Å². The largest absolute Gasteiger partial charge is 0.0830 e. The van der Waals surface area contributed by atoms with Gasteiger partial charge >= 0.3 is 0 Å². The van der Waals surface area contributed by atoms with Crippen molar-refractivity contribution in [2.24, 2.45) is 23.7 Å². The van der Waals surface area contributed by atoms with Gasteiger partial charge in [0, 0.05) is 0 Å². The van der Waals surface area contributed by atoms with E-state index in [4.69, 9.17) is 0 Å². The molecule has 0 rings (SSSR count). The molecule has 0 aromatic carbocycles. The van der Waals surface area contributed by atoms with Crippen molar-refractivity contribution in [3.63, 3.8) is 0 Å². The van der Waals surface area contributed by atoms with E-state index in [0.29, 0.717) is 0 Å². The summed E-state index contributed by atoms with van der Waals surface area (Å²) in [5, 5.41) is 0. The van der Waals surface area contributed by atoms with Crippen LogP contribution in [0.2, 0.25) is 0 Å². The van der Waals surface area contributed by atoms with E-state index in [1.165, 1.54) is 24.8 Å². The SMILES string of the molecule is CC(C)=CC(C)CC(C)CC(C)CC(C)C. The molecule has 0 aliphatic heterocycles. The molecule has 0 spiro atoms. The summed E-state index contributed by atoms with van der Waals surface area (Å²) >= 11 is 0. The van der Waals surface area contributed by atoms with E-state index in [9.17, 15) is 0 Å². The van der Waals surface area contributed by atoms with E-state index >= 15 is 0 Å². The standard InChI is InChI=1S/C16H32/c1-12(2)8-14(5)10-16(7)11-15(6)9-13(3)4/h8,13-16H,9-11H2,1-7H3. The maximum atomic E-state index is 2.41. The van der Waals surface area contributed by atoms with Gasteiger partial charge in [-0.3, -0.25) is 0 Å². The summed E-state index contributed by atoms with van der Waals surface area (Å²) in [5.74, 6) is 3.33. The summed E-state index contributed by atoms with van der Waals surface area (Å²) in [4.78, 5) is 0. The van der Waals surface area contributed by atoms with Crippen LogP contribution in [0.4, 0.5) is 0 Å². The van der Waals surface area contributed by atoms with Crippen LogP contribution in [0.1, 0.15) is 67.7 Å². The number of hydrogen-bond acceptors (Lipinski definition) is 0. The molecular weight excluding hydrogens is 192 g/mol. The molecular formula is C16H32. The average Bonchev–Trinajstić information content (AvgIpc) is 1.97. The van der Waals surface area contributed by atoms with E-state index in [-0.39, 0.29) is 0 Å². The number of hydrogen-bond donors (Lipinski definition) is 0. The van der Waals surface area contributed by atoms with Crippen LogP contribution in [0.5, 0.6) is 0 Å². The first-order valence-corrected chi connectivity index (χ1v) is 6.96. The Kier molecular flexibility index (Phi) is 7.80. The molecule has 3 atom stereocenters. The Balaban J connectivity index is 3.89. The minimum absolute atomic E-state index is 0.742. The summed E-state index contributed by atoms with van der Waals surface area (Å²) in [5.41, 5.74) is 1.45. The molecule has 0 aromatic heterocycles. The molecule has 0 aliphatic carbocycles. The van der Waals surface area contributed by atoms with Gasteiger partial charge in [-0.05, 0) is 56.8 Å². The highest BCUT2D eigenvalue weighted by molar-refractivity contribution is 4.96. The third-order valence-corrected chi connectivity index (χ3v) is 3.07. The highest BCUT2D eigenvalue weighted by Crippen LogP contribution is 2.24. The predicted octanol–water partition coefficient (Wildman–Crippen LogP) is 5.69. The third kappa shape index (κ3) is 9.00. The van der Waals surface area contributed by atoms with Gasteiger partial charge in [-0.25, -0.2) is 0 Å². The second-order valence-corrected chi connectivity index (χ2v) is 6.53. The highest BCUT2D eigenvalue weighted by atomic mass is 14.2. The molecule has 0 aliphatic rings. The molecule has 0 amide bonds. The summed E-state index contributed by atoms with van der Waals surface area (Å²) in [6.07, 6.45) is 6.51. The maximum absolute atomic E-state index is 2.41. The summed E-state index contributed by atoms with van der Waals surface area (Å²) in [7, 11) is 0. The lowest BCUT2D eigenvalue weighted by Gasteiger charge is -2.20. The first kappa shape index (κ1) is 15.7. The van der Waals surface area contributed by atoms with Gasteiger partial charge in [0.1, 0.15) is 0 Å². The van der Waals surface area contributed by atoms with Crippen LogP contribution in [-0.4, -0.2) is 0 Å². The van der Waals surface area contributed by atoms with Crippen molar-refractivity contribution in [2.75, 3.05) is 0 Å². The van der Waals surface area contributed by atoms with Crippen molar-refractivity contribution in [3.05, 3.63) is 11.6 Å². The smallest absolute Gasteiger partial charge is 0.0257 e. The Bertz CT molecular complexity index is 196. The summed E-state index contributed by atoms with van der Waals surface area (Å²) in [6.45, 7) is 16.2. The lowest BCUT2D eigenvalue weighted by molar-refractivity contribution is 0.328. The van der Waals surface area contributed by atoms with Crippen molar-refractivity contribution in [1.29, 1.82) is 0 Å². The lowest BCUT2D eigenvalue weighted by Crippen LogP contribution is -2.08. The molecule has 0 bridgehead atoms. The van der Waals surface area contributed by atoms with Gasteiger partial charge in [0.15, 0.2) is 0 Å². The Morgan fingerprint density at radius 1 is 0.812 bits per heavy atom. The van der Waals surface area contributed by atoms with Crippen LogP contribution in [0, 0.1) is 23.7 Å². The van der Waals surface area contributed by atoms with E-state index in [0.717, 1.165) is 23.7 Å². The molecule has 0 nitrogen and oxygen atoms in total. The number of allylic oxidation sites excluding steroid dienone is 2. The molecule has 0 heteroatoms. The van der Waals surface area contributed by atoms with Crippen molar-refractivity contribution in [3.8, 4) is 0 Å².